The summed E-state index contributed by atoms with van der Waals surface area (Å²) in [6.45, 7) is 5.62. The molecule has 2 atom stereocenters. The third kappa shape index (κ3) is 2.06. The minimum atomic E-state index is 0. The second-order valence-corrected chi connectivity index (χ2v) is 4.57. The monoisotopic (exact) mass is 218 g/mol. The van der Waals surface area contributed by atoms with E-state index in [0.717, 1.165) is 32.2 Å². The van der Waals surface area contributed by atoms with Gasteiger partial charge in [0, 0.05) is 32.2 Å². The summed E-state index contributed by atoms with van der Waals surface area (Å²) < 4.78 is 5.73. The maximum atomic E-state index is 5.73. The van der Waals surface area contributed by atoms with E-state index in [0.29, 0.717) is 12.1 Å². The van der Waals surface area contributed by atoms with Crippen LogP contribution >= 0.6 is 12.4 Å². The lowest BCUT2D eigenvalue weighted by Crippen LogP contribution is -2.51. The van der Waals surface area contributed by atoms with E-state index in [-0.39, 0.29) is 12.4 Å². The van der Waals surface area contributed by atoms with E-state index >= 15 is 0 Å². The fraction of sp³-hybridized carbons (Fsp3) is 1.00. The standard InChI is InChI=1S/C10H18N2O.ClH/c1-2-8(1)7-12-3-4-13-10-6-11-5-9(10)12;/h8-11H,1-7H2;1H/t9-,10+;/m1./s1. The molecule has 0 spiro atoms. The van der Waals surface area contributed by atoms with Gasteiger partial charge in [0.25, 0.3) is 0 Å². The quantitative estimate of drug-likeness (QED) is 0.731. The average molecular weight is 219 g/mol. The molecule has 0 bridgehead atoms. The first-order valence-corrected chi connectivity index (χ1v) is 5.50. The lowest BCUT2D eigenvalue weighted by molar-refractivity contribution is -0.0481. The van der Waals surface area contributed by atoms with Gasteiger partial charge < -0.3 is 10.1 Å². The van der Waals surface area contributed by atoms with E-state index in [4.69, 9.17) is 4.74 Å². The first-order chi connectivity index (χ1) is 6.43. The smallest absolute Gasteiger partial charge is 0.0867 e. The molecule has 3 rings (SSSR count). The van der Waals surface area contributed by atoms with Gasteiger partial charge in [0.1, 0.15) is 0 Å². The number of hydrogen-bond acceptors (Lipinski definition) is 3. The fourth-order valence-corrected chi connectivity index (χ4v) is 2.52. The molecule has 3 aliphatic rings. The van der Waals surface area contributed by atoms with Crippen molar-refractivity contribution in [1.29, 1.82) is 0 Å². The third-order valence-corrected chi connectivity index (χ3v) is 3.50. The van der Waals surface area contributed by atoms with E-state index in [2.05, 4.69) is 10.2 Å². The zero-order valence-corrected chi connectivity index (χ0v) is 9.26. The molecule has 1 saturated carbocycles. The molecule has 14 heavy (non-hydrogen) atoms. The average Bonchev–Trinajstić information content (AvgIpc) is 2.83. The number of fused-ring (bicyclic) bond motifs is 1. The maximum absolute atomic E-state index is 5.73. The lowest BCUT2D eigenvalue weighted by Gasteiger charge is -2.36. The van der Waals surface area contributed by atoms with Gasteiger partial charge in [-0.05, 0) is 18.8 Å². The van der Waals surface area contributed by atoms with Crippen LogP contribution in [0.3, 0.4) is 0 Å². The molecule has 0 aromatic carbocycles. The summed E-state index contributed by atoms with van der Waals surface area (Å²) in [7, 11) is 0. The van der Waals surface area contributed by atoms with Crippen molar-refractivity contribution in [3.05, 3.63) is 0 Å². The first kappa shape index (κ1) is 10.7. The summed E-state index contributed by atoms with van der Waals surface area (Å²) in [5.41, 5.74) is 0. The topological polar surface area (TPSA) is 24.5 Å². The Morgan fingerprint density at radius 1 is 1.29 bits per heavy atom. The molecular formula is C10H19ClN2O. The Morgan fingerprint density at radius 2 is 2.14 bits per heavy atom. The van der Waals surface area contributed by atoms with Gasteiger partial charge in [-0.1, -0.05) is 0 Å². The summed E-state index contributed by atoms with van der Waals surface area (Å²) in [6.07, 6.45) is 3.40. The van der Waals surface area contributed by atoms with Crippen LogP contribution in [0.2, 0.25) is 0 Å². The molecule has 2 heterocycles. The van der Waals surface area contributed by atoms with Gasteiger partial charge in [-0.15, -0.1) is 12.4 Å². The van der Waals surface area contributed by atoms with Gasteiger partial charge in [0.15, 0.2) is 0 Å². The van der Waals surface area contributed by atoms with Crippen molar-refractivity contribution in [1.82, 2.24) is 10.2 Å². The highest BCUT2D eigenvalue weighted by Gasteiger charge is 2.38. The van der Waals surface area contributed by atoms with E-state index < -0.39 is 0 Å². The highest BCUT2D eigenvalue weighted by atomic mass is 35.5. The fourth-order valence-electron chi connectivity index (χ4n) is 2.52. The number of ether oxygens (including phenoxy) is 1. The largest absolute Gasteiger partial charge is 0.374 e. The summed E-state index contributed by atoms with van der Waals surface area (Å²) in [6, 6.07) is 0.675. The van der Waals surface area contributed by atoms with Crippen molar-refractivity contribution in [2.24, 2.45) is 5.92 Å². The minimum Gasteiger partial charge on any atom is -0.374 e. The molecule has 4 heteroatoms. The van der Waals surface area contributed by atoms with Crippen LogP contribution in [0, 0.1) is 5.92 Å². The number of rotatable bonds is 2. The van der Waals surface area contributed by atoms with Crippen LogP contribution in [-0.2, 0) is 4.74 Å². The van der Waals surface area contributed by atoms with Crippen molar-refractivity contribution in [2.45, 2.75) is 25.0 Å². The normalized spacial score (nSPS) is 37.7. The Balaban J connectivity index is 0.000000750. The molecule has 2 aliphatic heterocycles. The predicted octanol–water partition coefficient (Wildman–Crippen LogP) is 0.491. The number of morpholine rings is 1. The molecule has 2 saturated heterocycles. The van der Waals surface area contributed by atoms with E-state index in [1.165, 1.54) is 19.4 Å². The van der Waals surface area contributed by atoms with Crippen molar-refractivity contribution < 1.29 is 4.74 Å². The Labute approximate surface area is 91.6 Å². The predicted molar refractivity (Wildman–Crippen MR) is 57.9 cm³/mol. The Hall–Kier alpha value is 0.170. The molecule has 0 aromatic heterocycles. The van der Waals surface area contributed by atoms with Gasteiger partial charge in [-0.25, -0.2) is 0 Å². The molecule has 0 amide bonds. The highest BCUT2D eigenvalue weighted by Crippen LogP contribution is 2.31. The molecule has 1 N–H and O–H groups in total. The van der Waals surface area contributed by atoms with Gasteiger partial charge >= 0.3 is 0 Å². The number of nitrogens with one attached hydrogen (secondary N) is 1. The molecular weight excluding hydrogens is 200 g/mol. The highest BCUT2D eigenvalue weighted by molar-refractivity contribution is 5.85. The van der Waals surface area contributed by atoms with Crippen LogP contribution in [0.15, 0.2) is 0 Å². The number of halogens is 1. The summed E-state index contributed by atoms with van der Waals surface area (Å²) in [5, 5.41) is 3.42. The molecule has 82 valence electrons. The second kappa shape index (κ2) is 4.35. The van der Waals surface area contributed by atoms with E-state index in [9.17, 15) is 0 Å². The zero-order valence-electron chi connectivity index (χ0n) is 8.45. The number of hydrogen-bond donors (Lipinski definition) is 1. The minimum absolute atomic E-state index is 0. The maximum Gasteiger partial charge on any atom is 0.0867 e. The van der Waals surface area contributed by atoms with Gasteiger partial charge in [-0.2, -0.15) is 0 Å². The lowest BCUT2D eigenvalue weighted by atomic mass is 10.1. The Morgan fingerprint density at radius 3 is 2.93 bits per heavy atom. The first-order valence-electron chi connectivity index (χ1n) is 5.50. The Kier molecular flexibility index (Phi) is 3.32. The van der Waals surface area contributed by atoms with Gasteiger partial charge in [0.05, 0.1) is 12.7 Å². The summed E-state index contributed by atoms with van der Waals surface area (Å²) in [4.78, 5) is 2.64. The van der Waals surface area contributed by atoms with E-state index in [1.54, 1.807) is 0 Å². The van der Waals surface area contributed by atoms with Crippen LogP contribution in [0.5, 0.6) is 0 Å². The van der Waals surface area contributed by atoms with Crippen LogP contribution in [-0.4, -0.2) is 49.8 Å². The zero-order chi connectivity index (χ0) is 8.67. The van der Waals surface area contributed by atoms with Crippen LogP contribution in [0.4, 0.5) is 0 Å². The third-order valence-electron chi connectivity index (χ3n) is 3.50. The molecule has 0 radical (unpaired) electrons. The second-order valence-electron chi connectivity index (χ2n) is 4.57. The summed E-state index contributed by atoms with van der Waals surface area (Å²) in [5.74, 6) is 1.01. The molecule has 3 nitrogen and oxygen atoms in total. The van der Waals surface area contributed by atoms with E-state index in [1.807, 2.05) is 0 Å². The molecule has 0 aromatic rings. The van der Waals surface area contributed by atoms with Crippen LogP contribution < -0.4 is 5.32 Å². The molecule has 1 aliphatic carbocycles. The van der Waals surface area contributed by atoms with Gasteiger partial charge in [-0.3, -0.25) is 4.90 Å². The van der Waals surface area contributed by atoms with Crippen molar-refractivity contribution in [2.75, 3.05) is 32.8 Å². The molecule has 0 unspecified atom stereocenters. The molecule has 3 fully saturated rings. The van der Waals surface area contributed by atoms with Crippen LogP contribution in [0.1, 0.15) is 12.8 Å². The number of nitrogens with zero attached hydrogens (tertiary/aromatic N) is 1. The Bertz CT molecular complexity index is 199. The van der Waals surface area contributed by atoms with Crippen molar-refractivity contribution >= 4 is 12.4 Å². The van der Waals surface area contributed by atoms with Crippen LogP contribution in [0.25, 0.3) is 0 Å². The van der Waals surface area contributed by atoms with Crippen molar-refractivity contribution in [3.63, 3.8) is 0 Å². The van der Waals surface area contributed by atoms with Gasteiger partial charge in [0.2, 0.25) is 0 Å². The summed E-state index contributed by atoms with van der Waals surface area (Å²) >= 11 is 0. The SMILES string of the molecule is C1CN(CC2CC2)[C@@H]2CNC[C@@H]2O1.Cl. The van der Waals surface area contributed by atoms with Crippen molar-refractivity contribution in [3.8, 4) is 0 Å².